The van der Waals surface area contributed by atoms with Crippen LogP contribution in [0.1, 0.15) is 74.6 Å². The molecule has 2 aliphatic rings. The molecule has 3 atom stereocenters. The van der Waals surface area contributed by atoms with Crippen molar-refractivity contribution in [2.45, 2.75) is 70.6 Å². The fourth-order valence-electron chi connectivity index (χ4n) is 6.57. The normalized spacial score (nSPS) is 28.7. The molecule has 0 amide bonds. The number of benzene rings is 2. The number of methoxy groups -OCH3 is 1. The van der Waals surface area contributed by atoms with Gasteiger partial charge >= 0.3 is 0 Å². The van der Waals surface area contributed by atoms with Crippen molar-refractivity contribution in [1.29, 1.82) is 0 Å². The standard InChI is InChI=1S/C27H37NO/c1-19(2)20-10-12-23-21(16-20)11-13-25-26(23,3)14-7-15-27(25,18-28)17-22-8-5-6-9-24(22)29-4/h5-6,8-10,12,16,19,25H,7,11,13-15,17-18,28H2,1-4H3/t25-,26-,27-/m1/s1. The lowest BCUT2D eigenvalue weighted by Gasteiger charge is -2.57. The first-order valence-electron chi connectivity index (χ1n) is 11.4. The summed E-state index contributed by atoms with van der Waals surface area (Å²) in [7, 11) is 1.78. The van der Waals surface area contributed by atoms with Crippen LogP contribution < -0.4 is 10.5 Å². The highest BCUT2D eigenvalue weighted by Crippen LogP contribution is 2.58. The molecule has 0 unspecified atom stereocenters. The minimum Gasteiger partial charge on any atom is -0.496 e. The quantitative estimate of drug-likeness (QED) is 0.677. The van der Waals surface area contributed by atoms with Gasteiger partial charge in [0, 0.05) is 0 Å². The van der Waals surface area contributed by atoms with Crippen molar-refractivity contribution in [2.24, 2.45) is 17.1 Å². The predicted molar refractivity (Wildman–Crippen MR) is 122 cm³/mol. The maximum atomic E-state index is 6.59. The number of aryl methyl sites for hydroxylation is 1. The summed E-state index contributed by atoms with van der Waals surface area (Å²) in [6, 6.07) is 15.8. The Morgan fingerprint density at radius 1 is 1.14 bits per heavy atom. The highest BCUT2D eigenvalue weighted by atomic mass is 16.5. The van der Waals surface area contributed by atoms with Crippen LogP contribution >= 0.6 is 0 Å². The molecule has 0 spiro atoms. The zero-order valence-electron chi connectivity index (χ0n) is 18.6. The molecular formula is C27H37NO. The first-order chi connectivity index (χ1) is 13.9. The van der Waals surface area contributed by atoms with Crippen molar-refractivity contribution >= 4 is 0 Å². The third-order valence-corrected chi connectivity index (χ3v) is 8.13. The lowest BCUT2D eigenvalue weighted by atomic mass is 9.48. The molecule has 0 radical (unpaired) electrons. The van der Waals surface area contributed by atoms with Gasteiger partial charge in [-0.2, -0.15) is 0 Å². The van der Waals surface area contributed by atoms with Crippen LogP contribution in [0.5, 0.6) is 5.75 Å². The zero-order valence-corrected chi connectivity index (χ0v) is 18.6. The molecule has 0 saturated heterocycles. The number of ether oxygens (including phenoxy) is 1. The van der Waals surface area contributed by atoms with E-state index < -0.39 is 0 Å². The fraction of sp³-hybridized carbons (Fsp3) is 0.556. The number of hydrogen-bond donors (Lipinski definition) is 1. The molecule has 0 aromatic heterocycles. The van der Waals surface area contributed by atoms with Gasteiger partial charge in [-0.3, -0.25) is 0 Å². The Morgan fingerprint density at radius 2 is 1.93 bits per heavy atom. The number of rotatable bonds is 5. The molecule has 2 nitrogen and oxygen atoms in total. The summed E-state index contributed by atoms with van der Waals surface area (Å²) in [6.45, 7) is 7.87. The Morgan fingerprint density at radius 3 is 2.66 bits per heavy atom. The van der Waals surface area contributed by atoms with Crippen molar-refractivity contribution in [3.8, 4) is 5.75 Å². The van der Waals surface area contributed by atoms with E-state index >= 15 is 0 Å². The average Bonchev–Trinajstić information content (AvgIpc) is 2.73. The summed E-state index contributed by atoms with van der Waals surface area (Å²) >= 11 is 0. The number of para-hydroxylation sites is 1. The summed E-state index contributed by atoms with van der Waals surface area (Å²) in [6.07, 6.45) is 7.21. The van der Waals surface area contributed by atoms with Crippen molar-refractivity contribution in [3.63, 3.8) is 0 Å². The summed E-state index contributed by atoms with van der Waals surface area (Å²) < 4.78 is 5.69. The van der Waals surface area contributed by atoms with Crippen LogP contribution in [0.4, 0.5) is 0 Å². The largest absolute Gasteiger partial charge is 0.496 e. The topological polar surface area (TPSA) is 35.2 Å². The van der Waals surface area contributed by atoms with Crippen molar-refractivity contribution in [2.75, 3.05) is 13.7 Å². The van der Waals surface area contributed by atoms with E-state index in [4.69, 9.17) is 10.5 Å². The van der Waals surface area contributed by atoms with E-state index in [-0.39, 0.29) is 10.8 Å². The molecule has 1 saturated carbocycles. The third-order valence-electron chi connectivity index (χ3n) is 8.13. The van der Waals surface area contributed by atoms with E-state index in [1.807, 2.05) is 0 Å². The monoisotopic (exact) mass is 391 g/mol. The zero-order chi connectivity index (χ0) is 20.6. The first-order valence-corrected chi connectivity index (χ1v) is 11.4. The molecule has 2 aliphatic carbocycles. The molecule has 4 rings (SSSR count). The van der Waals surface area contributed by atoms with E-state index in [1.165, 1.54) is 43.2 Å². The summed E-state index contributed by atoms with van der Waals surface area (Å²) in [5.74, 6) is 2.22. The van der Waals surface area contributed by atoms with Gasteiger partial charge in [-0.05, 0) is 89.6 Å². The number of nitrogens with two attached hydrogens (primary N) is 1. The van der Waals surface area contributed by atoms with Crippen LogP contribution in [-0.4, -0.2) is 13.7 Å². The predicted octanol–water partition coefficient (Wildman–Crippen LogP) is 6.01. The van der Waals surface area contributed by atoms with E-state index in [0.717, 1.165) is 18.7 Å². The molecule has 2 heteroatoms. The maximum Gasteiger partial charge on any atom is 0.122 e. The SMILES string of the molecule is COc1ccccc1C[C@@]1(CN)CCC[C@]2(C)c3ccc(C(C)C)cc3CC[C@@H]12. The second-order valence-corrected chi connectivity index (χ2v) is 9.99. The van der Waals surface area contributed by atoms with Gasteiger partial charge in [0.2, 0.25) is 0 Å². The van der Waals surface area contributed by atoms with Crippen LogP contribution in [0.3, 0.4) is 0 Å². The smallest absolute Gasteiger partial charge is 0.122 e. The molecule has 29 heavy (non-hydrogen) atoms. The van der Waals surface area contributed by atoms with Crippen LogP contribution in [0.25, 0.3) is 0 Å². The molecule has 0 aliphatic heterocycles. The van der Waals surface area contributed by atoms with Gasteiger partial charge in [-0.1, -0.05) is 63.6 Å². The van der Waals surface area contributed by atoms with Crippen molar-refractivity contribution in [1.82, 2.24) is 0 Å². The Balaban J connectivity index is 1.74. The van der Waals surface area contributed by atoms with Crippen LogP contribution in [0.15, 0.2) is 42.5 Å². The first kappa shape index (κ1) is 20.5. The molecule has 156 valence electrons. The summed E-state index contributed by atoms with van der Waals surface area (Å²) in [5.41, 5.74) is 12.9. The van der Waals surface area contributed by atoms with Crippen LogP contribution in [0.2, 0.25) is 0 Å². The van der Waals surface area contributed by atoms with Gasteiger partial charge in [0.25, 0.3) is 0 Å². The summed E-state index contributed by atoms with van der Waals surface area (Å²) in [4.78, 5) is 0. The van der Waals surface area contributed by atoms with E-state index in [0.29, 0.717) is 11.8 Å². The molecule has 2 aromatic carbocycles. The maximum absolute atomic E-state index is 6.59. The van der Waals surface area contributed by atoms with Gasteiger partial charge in [-0.15, -0.1) is 0 Å². The molecule has 0 heterocycles. The second kappa shape index (κ2) is 7.80. The third kappa shape index (κ3) is 3.40. The Labute approximate surface area is 176 Å². The van der Waals surface area contributed by atoms with Gasteiger partial charge < -0.3 is 10.5 Å². The molecule has 0 bridgehead atoms. The fourth-order valence-corrected chi connectivity index (χ4v) is 6.57. The highest BCUT2D eigenvalue weighted by Gasteiger charge is 2.53. The van der Waals surface area contributed by atoms with E-state index in [2.05, 4.69) is 63.2 Å². The second-order valence-electron chi connectivity index (χ2n) is 9.99. The highest BCUT2D eigenvalue weighted by molar-refractivity contribution is 5.43. The lowest BCUT2D eigenvalue weighted by molar-refractivity contribution is 0.0173. The lowest BCUT2D eigenvalue weighted by Crippen LogP contribution is -2.54. The Bertz CT molecular complexity index is 873. The van der Waals surface area contributed by atoms with Gasteiger partial charge in [0.1, 0.15) is 5.75 Å². The van der Waals surface area contributed by atoms with Crippen molar-refractivity contribution < 1.29 is 4.74 Å². The van der Waals surface area contributed by atoms with Gasteiger partial charge in [-0.25, -0.2) is 0 Å². The van der Waals surface area contributed by atoms with E-state index in [1.54, 1.807) is 18.2 Å². The van der Waals surface area contributed by atoms with Gasteiger partial charge in [0.15, 0.2) is 0 Å². The molecule has 2 N–H and O–H groups in total. The number of hydrogen-bond acceptors (Lipinski definition) is 2. The van der Waals surface area contributed by atoms with Crippen LogP contribution in [-0.2, 0) is 18.3 Å². The molecule has 2 aromatic rings. The van der Waals surface area contributed by atoms with E-state index in [9.17, 15) is 0 Å². The minimum atomic E-state index is 0.149. The molecule has 1 fully saturated rings. The average molecular weight is 392 g/mol. The minimum absolute atomic E-state index is 0.149. The number of fused-ring (bicyclic) bond motifs is 3. The van der Waals surface area contributed by atoms with Crippen molar-refractivity contribution in [3.05, 3.63) is 64.7 Å². The molecular weight excluding hydrogens is 354 g/mol. The van der Waals surface area contributed by atoms with Crippen LogP contribution in [0, 0.1) is 11.3 Å². The van der Waals surface area contributed by atoms with Gasteiger partial charge in [0.05, 0.1) is 7.11 Å². The Hall–Kier alpha value is -1.80. The Kier molecular flexibility index (Phi) is 5.50. The summed E-state index contributed by atoms with van der Waals surface area (Å²) in [5, 5.41) is 0.